The fourth-order valence-electron chi connectivity index (χ4n) is 4.08. The molecule has 1 aliphatic rings. The third kappa shape index (κ3) is 4.36. The molecule has 0 amide bonds. The van der Waals surface area contributed by atoms with Gasteiger partial charge in [0.05, 0.1) is 25.0 Å². The van der Waals surface area contributed by atoms with Crippen molar-refractivity contribution in [3.8, 4) is 5.75 Å². The standard InChI is InChI=1S/C23H27NO6S/c1-14(2)21(25)18-19(15-10-12-16(29-3)13-11-15)24-20(23(26)30-4)22(18)31(27,28)17-8-6-5-7-9-17/h5-14,18-20,22,24H,1-4H3/t18-,19+,20+,22-/m0/s1. The molecule has 2 aromatic carbocycles. The molecule has 7 nitrogen and oxygen atoms in total. The van der Waals surface area contributed by atoms with Crippen LogP contribution in [-0.4, -0.2) is 45.7 Å². The van der Waals surface area contributed by atoms with Crippen molar-refractivity contribution in [1.82, 2.24) is 5.32 Å². The van der Waals surface area contributed by atoms with E-state index in [0.29, 0.717) is 11.3 Å². The van der Waals surface area contributed by atoms with E-state index in [0.717, 1.165) is 0 Å². The molecule has 0 bridgehead atoms. The number of carbonyl (C=O) groups excluding carboxylic acids is 2. The number of hydrogen-bond donors (Lipinski definition) is 1. The Morgan fingerprint density at radius 3 is 2.10 bits per heavy atom. The molecule has 0 unspecified atom stereocenters. The number of sulfone groups is 1. The maximum Gasteiger partial charge on any atom is 0.324 e. The van der Waals surface area contributed by atoms with Crippen LogP contribution in [0.1, 0.15) is 25.5 Å². The topological polar surface area (TPSA) is 98.8 Å². The van der Waals surface area contributed by atoms with Crippen molar-refractivity contribution in [1.29, 1.82) is 0 Å². The Hall–Kier alpha value is -2.71. The van der Waals surface area contributed by atoms with Crippen molar-refractivity contribution in [3.05, 3.63) is 60.2 Å². The first-order valence-electron chi connectivity index (χ1n) is 10.0. The molecule has 1 N–H and O–H groups in total. The molecular formula is C23H27NO6S. The van der Waals surface area contributed by atoms with Crippen molar-refractivity contribution < 1.29 is 27.5 Å². The molecule has 1 aliphatic heterocycles. The molecule has 4 atom stereocenters. The second kappa shape index (κ2) is 9.20. The van der Waals surface area contributed by atoms with E-state index >= 15 is 0 Å². The number of methoxy groups -OCH3 is 2. The van der Waals surface area contributed by atoms with Gasteiger partial charge >= 0.3 is 5.97 Å². The molecule has 1 fully saturated rings. The number of ether oxygens (including phenoxy) is 2. The van der Waals surface area contributed by atoms with Gasteiger partial charge in [0.1, 0.15) is 22.8 Å². The normalized spacial score (nSPS) is 23.5. The molecule has 1 saturated heterocycles. The minimum Gasteiger partial charge on any atom is -0.497 e. The van der Waals surface area contributed by atoms with Gasteiger partial charge in [-0.1, -0.05) is 44.2 Å². The van der Waals surface area contributed by atoms with Crippen molar-refractivity contribution >= 4 is 21.6 Å². The van der Waals surface area contributed by atoms with Gasteiger partial charge in [-0.15, -0.1) is 0 Å². The molecule has 0 radical (unpaired) electrons. The molecule has 0 aromatic heterocycles. The van der Waals surface area contributed by atoms with Crippen molar-refractivity contribution in [2.75, 3.05) is 14.2 Å². The predicted molar refractivity (Wildman–Crippen MR) is 115 cm³/mol. The quantitative estimate of drug-likeness (QED) is 0.654. The van der Waals surface area contributed by atoms with Crippen LogP contribution in [0.2, 0.25) is 0 Å². The van der Waals surface area contributed by atoms with Crippen molar-refractivity contribution in [3.63, 3.8) is 0 Å². The van der Waals surface area contributed by atoms with Crippen molar-refractivity contribution in [2.45, 2.75) is 36.1 Å². The molecule has 31 heavy (non-hydrogen) atoms. The molecule has 166 valence electrons. The fraction of sp³-hybridized carbons (Fsp3) is 0.391. The van der Waals surface area contributed by atoms with Crippen LogP contribution >= 0.6 is 0 Å². The fourth-order valence-corrected chi connectivity index (χ4v) is 6.16. The van der Waals surface area contributed by atoms with E-state index < -0.39 is 45.0 Å². The van der Waals surface area contributed by atoms with Crippen LogP contribution in [0, 0.1) is 11.8 Å². The summed E-state index contributed by atoms with van der Waals surface area (Å²) in [6, 6.07) is 13.0. The van der Waals surface area contributed by atoms with Gasteiger partial charge in [-0.2, -0.15) is 0 Å². The van der Waals surface area contributed by atoms with Gasteiger partial charge in [-0.05, 0) is 29.8 Å². The summed E-state index contributed by atoms with van der Waals surface area (Å²) >= 11 is 0. The number of rotatable bonds is 7. The Morgan fingerprint density at radius 1 is 0.968 bits per heavy atom. The highest BCUT2D eigenvalue weighted by Crippen LogP contribution is 2.41. The maximum atomic E-state index is 13.7. The second-order valence-electron chi connectivity index (χ2n) is 7.82. The Balaban J connectivity index is 2.17. The van der Waals surface area contributed by atoms with Crippen LogP contribution in [0.15, 0.2) is 59.5 Å². The maximum absolute atomic E-state index is 13.7. The number of hydrogen-bond acceptors (Lipinski definition) is 7. The summed E-state index contributed by atoms with van der Waals surface area (Å²) in [7, 11) is -1.28. The van der Waals surface area contributed by atoms with Crippen LogP contribution in [-0.2, 0) is 24.2 Å². The third-order valence-corrected chi connectivity index (χ3v) is 7.87. The van der Waals surface area contributed by atoms with Crippen LogP contribution in [0.25, 0.3) is 0 Å². The number of Topliss-reactive ketones (excluding diaryl/α,β-unsaturated/α-hetero) is 1. The lowest BCUT2D eigenvalue weighted by Crippen LogP contribution is -2.46. The summed E-state index contributed by atoms with van der Waals surface area (Å²) in [5.41, 5.74) is 0.694. The minimum atomic E-state index is -4.03. The van der Waals surface area contributed by atoms with E-state index in [1.54, 1.807) is 63.4 Å². The van der Waals surface area contributed by atoms with Gasteiger partial charge < -0.3 is 9.47 Å². The molecule has 8 heteroatoms. The van der Waals surface area contributed by atoms with E-state index in [4.69, 9.17) is 9.47 Å². The highest BCUT2D eigenvalue weighted by atomic mass is 32.2. The molecular weight excluding hydrogens is 418 g/mol. The minimum absolute atomic E-state index is 0.0626. The first kappa shape index (κ1) is 23.0. The van der Waals surface area contributed by atoms with E-state index in [2.05, 4.69) is 5.32 Å². The van der Waals surface area contributed by atoms with Gasteiger partial charge in [0.15, 0.2) is 9.84 Å². The first-order valence-corrected chi connectivity index (χ1v) is 11.6. The van der Waals surface area contributed by atoms with Gasteiger partial charge in [0.2, 0.25) is 0 Å². The number of carbonyl (C=O) groups is 2. The number of ketones is 1. The highest BCUT2D eigenvalue weighted by Gasteiger charge is 2.56. The Morgan fingerprint density at radius 2 is 1.58 bits per heavy atom. The molecule has 1 heterocycles. The summed E-state index contributed by atoms with van der Waals surface area (Å²) in [5.74, 6) is -1.71. The Kier molecular flexibility index (Phi) is 6.81. The lowest BCUT2D eigenvalue weighted by molar-refractivity contribution is -0.142. The SMILES string of the molecule is COC(=O)[C@@H]1N[C@H](c2ccc(OC)cc2)[C@@H](C(=O)C(C)C)[C@@H]1S(=O)(=O)c1ccccc1. The second-order valence-corrected chi connectivity index (χ2v) is 9.93. The van der Waals surface area contributed by atoms with E-state index in [1.165, 1.54) is 19.2 Å². The lowest BCUT2D eigenvalue weighted by Gasteiger charge is -2.25. The summed E-state index contributed by atoms with van der Waals surface area (Å²) < 4.78 is 37.4. The van der Waals surface area contributed by atoms with Crippen LogP contribution in [0.5, 0.6) is 5.75 Å². The highest BCUT2D eigenvalue weighted by molar-refractivity contribution is 7.92. The zero-order chi connectivity index (χ0) is 22.8. The summed E-state index contributed by atoms with van der Waals surface area (Å²) in [5, 5.41) is 1.79. The molecule has 2 aromatic rings. The molecule has 0 spiro atoms. The average Bonchev–Trinajstić information content (AvgIpc) is 3.20. The van der Waals surface area contributed by atoms with Gasteiger partial charge in [0, 0.05) is 12.0 Å². The number of benzene rings is 2. The van der Waals surface area contributed by atoms with Gasteiger partial charge in [-0.3, -0.25) is 14.9 Å². The number of nitrogens with one attached hydrogen (secondary N) is 1. The van der Waals surface area contributed by atoms with E-state index in [1.807, 2.05) is 0 Å². The molecule has 0 aliphatic carbocycles. The summed E-state index contributed by atoms with van der Waals surface area (Å²) in [6.07, 6.45) is 0. The van der Waals surface area contributed by atoms with Crippen LogP contribution in [0.4, 0.5) is 0 Å². The zero-order valence-corrected chi connectivity index (χ0v) is 18.8. The zero-order valence-electron chi connectivity index (χ0n) is 17.9. The lowest BCUT2D eigenvalue weighted by atomic mass is 9.85. The van der Waals surface area contributed by atoms with Crippen LogP contribution < -0.4 is 10.1 Å². The van der Waals surface area contributed by atoms with Gasteiger partial charge in [-0.25, -0.2) is 8.42 Å². The van der Waals surface area contributed by atoms with E-state index in [9.17, 15) is 18.0 Å². The van der Waals surface area contributed by atoms with E-state index in [-0.39, 0.29) is 10.7 Å². The van der Waals surface area contributed by atoms with Crippen LogP contribution in [0.3, 0.4) is 0 Å². The predicted octanol–water partition coefficient (Wildman–Crippen LogP) is 2.56. The largest absolute Gasteiger partial charge is 0.497 e. The number of esters is 1. The van der Waals surface area contributed by atoms with Gasteiger partial charge in [0.25, 0.3) is 0 Å². The first-order chi connectivity index (χ1) is 14.7. The average molecular weight is 446 g/mol. The smallest absolute Gasteiger partial charge is 0.324 e. The Bertz CT molecular complexity index is 1030. The summed E-state index contributed by atoms with van der Waals surface area (Å²) in [4.78, 5) is 26.0. The summed E-state index contributed by atoms with van der Waals surface area (Å²) in [6.45, 7) is 3.45. The third-order valence-electron chi connectivity index (χ3n) is 5.66. The molecule has 0 saturated carbocycles. The monoisotopic (exact) mass is 445 g/mol. The molecule has 3 rings (SSSR count). The Labute approximate surface area is 182 Å². The van der Waals surface area contributed by atoms with Crippen molar-refractivity contribution in [2.24, 2.45) is 11.8 Å².